The first-order chi connectivity index (χ1) is 9.30. The quantitative estimate of drug-likeness (QED) is 0.839. The smallest absolute Gasteiger partial charge is 0.243 e. The molecule has 0 bridgehead atoms. The fraction of sp³-hybridized carbons (Fsp3) is 0.600. The Morgan fingerprint density at radius 3 is 2.15 bits per heavy atom. The summed E-state index contributed by atoms with van der Waals surface area (Å²) in [4.78, 5) is 0.351. The molecular weight excluding hydrogens is 272 g/mol. The molecule has 0 saturated carbocycles. The second-order valence-electron chi connectivity index (χ2n) is 5.54. The van der Waals surface area contributed by atoms with Crippen molar-refractivity contribution in [2.24, 2.45) is 11.7 Å². The van der Waals surface area contributed by atoms with E-state index in [9.17, 15) is 8.42 Å². The van der Waals surface area contributed by atoms with Gasteiger partial charge in [0, 0.05) is 13.1 Å². The van der Waals surface area contributed by atoms with Gasteiger partial charge in [0.25, 0.3) is 0 Å². The van der Waals surface area contributed by atoms with Crippen LogP contribution in [0.2, 0.25) is 0 Å². The molecule has 0 heterocycles. The molecule has 1 aromatic rings. The first-order valence-electron chi connectivity index (χ1n) is 7.07. The van der Waals surface area contributed by atoms with Crippen LogP contribution in [0.3, 0.4) is 0 Å². The molecule has 0 aromatic heterocycles. The van der Waals surface area contributed by atoms with E-state index >= 15 is 0 Å². The first kappa shape index (κ1) is 17.1. The zero-order chi connectivity index (χ0) is 15.3. The monoisotopic (exact) mass is 298 g/mol. The molecule has 5 heteroatoms. The van der Waals surface area contributed by atoms with Crippen molar-refractivity contribution in [2.45, 2.75) is 44.6 Å². The van der Waals surface area contributed by atoms with Crippen molar-refractivity contribution in [3.05, 3.63) is 29.8 Å². The summed E-state index contributed by atoms with van der Waals surface area (Å²) < 4.78 is 26.5. The van der Waals surface area contributed by atoms with Crippen LogP contribution in [0.25, 0.3) is 0 Å². The minimum Gasteiger partial charge on any atom is -0.330 e. The fourth-order valence-corrected chi connectivity index (χ4v) is 3.43. The van der Waals surface area contributed by atoms with Crippen molar-refractivity contribution in [3.63, 3.8) is 0 Å². The van der Waals surface area contributed by atoms with Gasteiger partial charge in [-0.3, -0.25) is 0 Å². The van der Waals surface area contributed by atoms with Gasteiger partial charge >= 0.3 is 0 Å². The van der Waals surface area contributed by atoms with Crippen molar-refractivity contribution in [3.8, 4) is 0 Å². The lowest BCUT2D eigenvalue weighted by molar-refractivity contribution is 0.316. The minimum atomic E-state index is -3.41. The Labute approximate surface area is 123 Å². The molecule has 20 heavy (non-hydrogen) atoms. The van der Waals surface area contributed by atoms with E-state index in [2.05, 4.69) is 0 Å². The molecule has 1 aromatic carbocycles. The van der Waals surface area contributed by atoms with Crippen molar-refractivity contribution in [1.82, 2.24) is 4.31 Å². The third-order valence-corrected chi connectivity index (χ3v) is 5.77. The summed E-state index contributed by atoms with van der Waals surface area (Å²) in [5, 5.41) is 0. The largest absolute Gasteiger partial charge is 0.330 e. The molecule has 0 saturated heterocycles. The molecule has 0 radical (unpaired) electrons. The molecule has 4 nitrogen and oxygen atoms in total. The molecule has 114 valence electrons. The van der Waals surface area contributed by atoms with Crippen molar-refractivity contribution in [1.29, 1.82) is 0 Å². The number of benzene rings is 1. The van der Waals surface area contributed by atoms with Crippen LogP contribution in [-0.4, -0.2) is 32.4 Å². The van der Waals surface area contributed by atoms with Crippen LogP contribution >= 0.6 is 0 Å². The number of aryl methyl sites for hydroxylation is 1. The molecule has 1 rings (SSSR count). The maximum absolute atomic E-state index is 12.5. The topological polar surface area (TPSA) is 63.4 Å². The average Bonchev–Trinajstić information content (AvgIpc) is 2.43. The highest BCUT2D eigenvalue weighted by Gasteiger charge is 2.26. The summed E-state index contributed by atoms with van der Waals surface area (Å²) in [6.45, 7) is 6.62. The van der Waals surface area contributed by atoms with Gasteiger partial charge in [-0.2, -0.15) is 4.31 Å². The molecule has 1 unspecified atom stereocenters. The lowest BCUT2D eigenvalue weighted by Gasteiger charge is -2.27. The zero-order valence-corrected chi connectivity index (χ0v) is 13.7. The lowest BCUT2D eigenvalue weighted by Crippen LogP contribution is -2.38. The molecule has 0 amide bonds. The van der Waals surface area contributed by atoms with Gasteiger partial charge in [0.05, 0.1) is 4.90 Å². The van der Waals surface area contributed by atoms with Crippen LogP contribution in [0.4, 0.5) is 0 Å². The normalized spacial score (nSPS) is 13.9. The Hall–Kier alpha value is -0.910. The Kier molecular flexibility index (Phi) is 6.17. The summed E-state index contributed by atoms with van der Waals surface area (Å²) in [7, 11) is -1.77. The van der Waals surface area contributed by atoms with E-state index in [1.165, 1.54) is 4.31 Å². The summed E-state index contributed by atoms with van der Waals surface area (Å²) in [5.74, 6) is 0.276. The number of rotatable bonds is 7. The number of hydrogen-bond acceptors (Lipinski definition) is 3. The maximum Gasteiger partial charge on any atom is 0.243 e. The van der Waals surface area contributed by atoms with E-state index in [0.29, 0.717) is 11.4 Å². The standard InChI is InChI=1S/C15H26N2O2S/c1-12(2)13(3)17(4)20(18,19)15-9-7-14(8-10-15)6-5-11-16/h7-10,12-13H,5-6,11,16H2,1-4H3. The number of nitrogens with two attached hydrogens (primary N) is 1. The molecule has 2 N–H and O–H groups in total. The summed E-state index contributed by atoms with van der Waals surface area (Å²) in [6, 6.07) is 7.08. The van der Waals surface area contributed by atoms with Gasteiger partial charge < -0.3 is 5.73 Å². The first-order valence-corrected chi connectivity index (χ1v) is 8.51. The van der Waals surface area contributed by atoms with Gasteiger partial charge in [-0.1, -0.05) is 26.0 Å². The highest BCUT2D eigenvalue weighted by Crippen LogP contribution is 2.20. The van der Waals surface area contributed by atoms with Crippen molar-refractivity contribution < 1.29 is 8.42 Å². The second-order valence-corrected chi connectivity index (χ2v) is 7.54. The van der Waals surface area contributed by atoms with E-state index in [1.807, 2.05) is 32.9 Å². The summed E-state index contributed by atoms with van der Waals surface area (Å²) in [6.07, 6.45) is 1.80. The second kappa shape index (κ2) is 7.20. The Morgan fingerprint density at radius 1 is 1.15 bits per heavy atom. The van der Waals surface area contributed by atoms with Crippen LogP contribution in [0.5, 0.6) is 0 Å². The van der Waals surface area contributed by atoms with Crippen LogP contribution in [0.15, 0.2) is 29.2 Å². The van der Waals surface area contributed by atoms with E-state index in [0.717, 1.165) is 18.4 Å². The van der Waals surface area contributed by atoms with E-state index in [1.54, 1.807) is 19.2 Å². The average molecular weight is 298 g/mol. The molecule has 1 atom stereocenters. The maximum atomic E-state index is 12.5. The molecular formula is C15H26N2O2S. The molecule has 0 spiro atoms. The molecule has 0 fully saturated rings. The van der Waals surface area contributed by atoms with Crippen molar-refractivity contribution in [2.75, 3.05) is 13.6 Å². The van der Waals surface area contributed by atoms with Crippen LogP contribution in [0, 0.1) is 5.92 Å². The highest BCUT2D eigenvalue weighted by molar-refractivity contribution is 7.89. The third-order valence-electron chi connectivity index (χ3n) is 3.81. The van der Waals surface area contributed by atoms with Crippen molar-refractivity contribution >= 4 is 10.0 Å². The zero-order valence-electron chi connectivity index (χ0n) is 12.8. The predicted octanol–water partition coefficient (Wildman–Crippen LogP) is 2.24. The Morgan fingerprint density at radius 2 is 1.70 bits per heavy atom. The van der Waals surface area contributed by atoms with E-state index in [-0.39, 0.29) is 12.0 Å². The van der Waals surface area contributed by atoms with Crippen LogP contribution in [0.1, 0.15) is 32.8 Å². The van der Waals surface area contributed by atoms with Crippen LogP contribution in [-0.2, 0) is 16.4 Å². The van der Waals surface area contributed by atoms with Gasteiger partial charge in [0.15, 0.2) is 0 Å². The molecule has 0 aliphatic rings. The van der Waals surface area contributed by atoms with Gasteiger partial charge in [0.2, 0.25) is 10.0 Å². The Balaban J connectivity index is 2.93. The predicted molar refractivity (Wildman–Crippen MR) is 83.1 cm³/mol. The van der Waals surface area contributed by atoms with Crippen LogP contribution < -0.4 is 5.73 Å². The third kappa shape index (κ3) is 4.04. The lowest BCUT2D eigenvalue weighted by atomic mass is 10.1. The van der Waals surface area contributed by atoms with Gasteiger partial charge in [-0.15, -0.1) is 0 Å². The highest BCUT2D eigenvalue weighted by atomic mass is 32.2. The van der Waals surface area contributed by atoms with Gasteiger partial charge in [-0.25, -0.2) is 8.42 Å². The summed E-state index contributed by atoms with van der Waals surface area (Å²) in [5.41, 5.74) is 6.59. The number of hydrogen-bond donors (Lipinski definition) is 1. The minimum absolute atomic E-state index is 0.0306. The van der Waals surface area contributed by atoms with Gasteiger partial charge in [0.1, 0.15) is 0 Å². The molecule has 0 aliphatic carbocycles. The SMILES string of the molecule is CC(C)C(C)N(C)S(=O)(=O)c1ccc(CCCN)cc1. The molecule has 0 aliphatic heterocycles. The van der Waals surface area contributed by atoms with E-state index < -0.39 is 10.0 Å². The summed E-state index contributed by atoms with van der Waals surface area (Å²) >= 11 is 0. The van der Waals surface area contributed by atoms with E-state index in [4.69, 9.17) is 5.73 Å². The fourth-order valence-electron chi connectivity index (χ4n) is 1.94. The number of nitrogens with zero attached hydrogens (tertiary/aromatic N) is 1. The Bertz CT molecular complexity index is 509. The number of sulfonamides is 1. The van der Waals surface area contributed by atoms with Gasteiger partial charge in [-0.05, 0) is 49.9 Å².